The maximum atomic E-state index is 2.67. The van der Waals surface area contributed by atoms with Crippen LogP contribution >= 0.6 is 0 Å². The second-order valence-corrected chi connectivity index (χ2v) is 17.2. The van der Waals surface area contributed by atoms with E-state index in [1.807, 2.05) is 0 Å². The van der Waals surface area contributed by atoms with Gasteiger partial charge in [-0.2, -0.15) is 0 Å². The summed E-state index contributed by atoms with van der Waals surface area (Å²) in [6.45, 7) is 0. The van der Waals surface area contributed by atoms with E-state index in [1.54, 1.807) is 11.1 Å². The molecular formula is C52H40N2. The second kappa shape index (κ2) is 10.2. The molecule has 1 unspecified atom stereocenters. The Hall–Kier alpha value is -5.86. The molecular weight excluding hydrogens is 653 g/mol. The molecule has 1 aliphatic heterocycles. The first-order chi connectivity index (χ1) is 26.7. The summed E-state index contributed by atoms with van der Waals surface area (Å²) >= 11 is 0. The van der Waals surface area contributed by atoms with Gasteiger partial charge in [0.05, 0.1) is 16.7 Å². The van der Waals surface area contributed by atoms with Crippen molar-refractivity contribution >= 4 is 38.9 Å². The lowest BCUT2D eigenvalue weighted by Gasteiger charge is -2.52. The highest BCUT2D eigenvalue weighted by atomic mass is 15.1. The van der Waals surface area contributed by atoms with Crippen molar-refractivity contribution in [2.75, 3.05) is 4.90 Å². The molecule has 0 saturated heterocycles. The third-order valence-corrected chi connectivity index (χ3v) is 14.9. The van der Waals surface area contributed by atoms with Crippen LogP contribution in [0, 0.1) is 22.7 Å². The zero-order valence-electron chi connectivity index (χ0n) is 30.3. The number of hydrogen-bond acceptors (Lipinski definition) is 1. The minimum absolute atomic E-state index is 0.0317. The quantitative estimate of drug-likeness (QED) is 0.174. The van der Waals surface area contributed by atoms with Gasteiger partial charge in [0.25, 0.3) is 0 Å². The molecule has 5 aliphatic carbocycles. The number of hydrogen-bond donors (Lipinski definition) is 0. The van der Waals surface area contributed by atoms with Crippen molar-refractivity contribution < 1.29 is 0 Å². The van der Waals surface area contributed by atoms with Crippen LogP contribution in [0.15, 0.2) is 170 Å². The highest BCUT2D eigenvalue weighted by Gasteiger charge is 2.88. The number of aromatic nitrogens is 1. The largest absolute Gasteiger partial charge is 0.310 e. The Labute approximate surface area is 316 Å². The Balaban J connectivity index is 1.11. The minimum Gasteiger partial charge on any atom is -0.310 e. The first-order valence-electron chi connectivity index (χ1n) is 20.0. The van der Waals surface area contributed by atoms with Gasteiger partial charge in [-0.1, -0.05) is 121 Å². The van der Waals surface area contributed by atoms with Crippen molar-refractivity contribution in [1.29, 1.82) is 0 Å². The second-order valence-electron chi connectivity index (χ2n) is 17.2. The van der Waals surface area contributed by atoms with Gasteiger partial charge in [0.1, 0.15) is 0 Å². The van der Waals surface area contributed by atoms with E-state index in [9.17, 15) is 0 Å². The van der Waals surface area contributed by atoms with Gasteiger partial charge in [0, 0.05) is 33.2 Å². The van der Waals surface area contributed by atoms with Gasteiger partial charge in [-0.3, -0.25) is 0 Å². The third-order valence-electron chi connectivity index (χ3n) is 14.9. The van der Waals surface area contributed by atoms with Crippen molar-refractivity contribution in [3.05, 3.63) is 181 Å². The Kier molecular flexibility index (Phi) is 5.59. The first kappa shape index (κ1) is 29.6. The molecule has 4 bridgehead atoms. The van der Waals surface area contributed by atoms with Crippen molar-refractivity contribution in [2.45, 2.75) is 37.5 Å². The van der Waals surface area contributed by atoms with Crippen LogP contribution in [0.1, 0.15) is 43.2 Å². The molecule has 2 heteroatoms. The molecule has 1 aromatic heterocycles. The normalized spacial score (nSPS) is 26.4. The predicted molar refractivity (Wildman–Crippen MR) is 222 cm³/mol. The lowest BCUT2D eigenvalue weighted by atomic mass is 9.52. The number of rotatable bonds is 5. The van der Waals surface area contributed by atoms with Gasteiger partial charge in [-0.05, 0) is 137 Å². The van der Waals surface area contributed by atoms with Crippen molar-refractivity contribution in [2.24, 2.45) is 22.7 Å². The molecule has 0 amide bonds. The fourth-order valence-corrected chi connectivity index (χ4v) is 13.3. The van der Waals surface area contributed by atoms with Crippen LogP contribution in [0.5, 0.6) is 0 Å². The summed E-state index contributed by atoms with van der Waals surface area (Å²) in [5.74, 6) is 1.59. The number of anilines is 3. The zero-order valence-corrected chi connectivity index (χ0v) is 30.3. The van der Waals surface area contributed by atoms with Crippen LogP contribution in [-0.4, -0.2) is 4.57 Å². The molecule has 5 atom stereocenters. The molecule has 258 valence electrons. The van der Waals surface area contributed by atoms with E-state index < -0.39 is 0 Å². The van der Waals surface area contributed by atoms with E-state index in [0.29, 0.717) is 16.7 Å². The third kappa shape index (κ3) is 3.53. The number of para-hydroxylation sites is 2. The maximum absolute atomic E-state index is 2.67. The van der Waals surface area contributed by atoms with E-state index in [1.165, 1.54) is 98.9 Å². The predicted octanol–water partition coefficient (Wildman–Crippen LogP) is 13.4. The lowest BCUT2D eigenvalue weighted by Crippen LogP contribution is -2.48. The van der Waals surface area contributed by atoms with Crippen molar-refractivity contribution in [3.8, 4) is 27.9 Å². The summed E-state index contributed by atoms with van der Waals surface area (Å²) in [5, 5.41) is 2.72. The van der Waals surface area contributed by atoms with E-state index in [4.69, 9.17) is 0 Å². The zero-order chi connectivity index (χ0) is 35.2. The Morgan fingerprint density at radius 2 is 1.20 bits per heavy atom. The van der Waals surface area contributed by atoms with Crippen LogP contribution in [0.2, 0.25) is 0 Å². The smallest absolute Gasteiger partial charge is 0.0584 e. The summed E-state index contributed by atoms with van der Waals surface area (Å²) < 4.78 is 2.64. The fraction of sp³-hybridized carbons (Fsp3) is 0.192. The molecule has 0 N–H and O–H groups in total. The lowest BCUT2D eigenvalue weighted by molar-refractivity contribution is 0.117. The molecule has 7 aromatic carbocycles. The van der Waals surface area contributed by atoms with Crippen LogP contribution < -0.4 is 4.90 Å². The first-order valence-corrected chi connectivity index (χ1v) is 20.0. The fourth-order valence-electron chi connectivity index (χ4n) is 13.3. The topological polar surface area (TPSA) is 8.17 Å². The van der Waals surface area contributed by atoms with Crippen LogP contribution in [0.3, 0.4) is 0 Å². The highest BCUT2D eigenvalue weighted by molar-refractivity contribution is 6.13. The van der Waals surface area contributed by atoms with Gasteiger partial charge in [-0.25, -0.2) is 0 Å². The monoisotopic (exact) mass is 692 g/mol. The van der Waals surface area contributed by atoms with Gasteiger partial charge >= 0.3 is 0 Å². The molecule has 5 saturated carbocycles. The van der Waals surface area contributed by atoms with Gasteiger partial charge in [-0.15, -0.1) is 0 Å². The average molecular weight is 693 g/mol. The molecule has 2 heterocycles. The molecule has 14 rings (SSSR count). The summed E-state index contributed by atoms with van der Waals surface area (Å²) in [5.41, 5.74) is 16.8. The maximum Gasteiger partial charge on any atom is 0.0584 e. The molecule has 8 aromatic rings. The molecule has 6 aliphatic rings. The minimum atomic E-state index is 0.0317. The number of benzene rings is 7. The summed E-state index contributed by atoms with van der Waals surface area (Å²) in [7, 11) is 0. The summed E-state index contributed by atoms with van der Waals surface area (Å²) in [6.07, 6.45) is 7.01. The summed E-state index contributed by atoms with van der Waals surface area (Å²) in [6, 6.07) is 63.9. The number of nitrogens with zero attached hydrogens (tertiary/aromatic N) is 2. The van der Waals surface area contributed by atoms with Crippen LogP contribution in [0.25, 0.3) is 49.7 Å². The standard InChI is InChI=1S/C52H40N2/c1-3-12-35(13-4-1)37-22-24-40(25-23-37)53(41-17-11-16-38(27-41)36-14-5-2-6-15-36)42-28-44-43-18-7-9-20-47(43)54-48-21-10-8-19-45(48)52(46(29-42)49(44)54)39-26-34-30-50(32-39)33-51(50,52)31-34/h1-25,27-29,34,39H,26,30-33H2/t34-,39-,50-,51+,52?/m1/s1. The van der Waals surface area contributed by atoms with E-state index in [0.717, 1.165) is 5.92 Å². The molecule has 5 fully saturated rings. The highest BCUT2D eigenvalue weighted by Crippen LogP contribution is 2.94. The molecule has 2 nitrogen and oxygen atoms in total. The van der Waals surface area contributed by atoms with Crippen LogP contribution in [0.4, 0.5) is 17.1 Å². The molecule has 3 spiro atoms. The molecule has 54 heavy (non-hydrogen) atoms. The average Bonchev–Trinajstić information content (AvgIpc) is 3.48. The van der Waals surface area contributed by atoms with Crippen molar-refractivity contribution in [1.82, 2.24) is 4.57 Å². The SMILES string of the molecule is c1ccc(-c2ccc(N(c3cccc(-c4ccccc4)c3)c3cc4c5c(c3)c3ccccc3n5-c3ccccc3C43[C@@H]4C[C@@H]5C[C@@]6(C4)C[C@]36C5)cc2)cc1. The Morgan fingerprint density at radius 1 is 0.500 bits per heavy atom. The number of fused-ring (bicyclic) bond motifs is 5. The van der Waals surface area contributed by atoms with E-state index in [2.05, 4.69) is 179 Å². The molecule has 0 radical (unpaired) electrons. The van der Waals surface area contributed by atoms with Gasteiger partial charge in [0.2, 0.25) is 0 Å². The summed E-state index contributed by atoms with van der Waals surface area (Å²) in [4.78, 5) is 2.54. The van der Waals surface area contributed by atoms with Crippen LogP contribution in [-0.2, 0) is 5.41 Å². The van der Waals surface area contributed by atoms with E-state index in [-0.39, 0.29) is 5.41 Å². The van der Waals surface area contributed by atoms with Gasteiger partial charge in [0.15, 0.2) is 0 Å². The van der Waals surface area contributed by atoms with Gasteiger partial charge < -0.3 is 9.47 Å². The Bertz CT molecular complexity index is 2830. The Morgan fingerprint density at radius 3 is 2.02 bits per heavy atom. The van der Waals surface area contributed by atoms with Crippen molar-refractivity contribution in [3.63, 3.8) is 0 Å². The van der Waals surface area contributed by atoms with E-state index >= 15 is 0 Å².